The summed E-state index contributed by atoms with van der Waals surface area (Å²) in [7, 11) is 0. The maximum absolute atomic E-state index is 11.8. The van der Waals surface area contributed by atoms with Crippen molar-refractivity contribution in [2.45, 2.75) is 39.2 Å². The van der Waals surface area contributed by atoms with Crippen LogP contribution in [0.3, 0.4) is 0 Å². The van der Waals surface area contributed by atoms with Gasteiger partial charge in [-0.3, -0.25) is 0 Å². The van der Waals surface area contributed by atoms with Crippen LogP contribution in [0.2, 0.25) is 0 Å². The molecule has 0 heterocycles. The highest BCUT2D eigenvalue weighted by Crippen LogP contribution is 2.15. The van der Waals surface area contributed by atoms with Crippen LogP contribution in [0, 0.1) is 0 Å². The molecule has 1 unspecified atom stereocenters. The van der Waals surface area contributed by atoms with Crippen LogP contribution in [-0.4, -0.2) is 12.1 Å². The van der Waals surface area contributed by atoms with E-state index < -0.39 is 0 Å². The molecule has 0 aromatic heterocycles. The molecular formula is C13H19NO2. The van der Waals surface area contributed by atoms with Gasteiger partial charge in [0.15, 0.2) is 0 Å². The minimum atomic E-state index is -0.321. The van der Waals surface area contributed by atoms with Gasteiger partial charge in [-0.05, 0) is 25.0 Å². The molecule has 0 fully saturated rings. The molecule has 0 aliphatic rings. The van der Waals surface area contributed by atoms with E-state index >= 15 is 0 Å². The predicted octanol–water partition coefficient (Wildman–Crippen LogP) is 3.00. The first-order chi connectivity index (χ1) is 7.69. The van der Waals surface area contributed by atoms with Crippen LogP contribution in [0.1, 0.15) is 43.5 Å². The number of benzene rings is 1. The summed E-state index contributed by atoms with van der Waals surface area (Å²) in [4.78, 5) is 11.8. The number of hydrogen-bond donors (Lipinski definition) is 1. The van der Waals surface area contributed by atoms with E-state index in [2.05, 4.69) is 6.92 Å². The number of nitrogen functional groups attached to an aromatic ring is 1. The molecule has 0 aliphatic heterocycles. The molecule has 1 aromatic carbocycles. The maximum atomic E-state index is 11.8. The van der Waals surface area contributed by atoms with Crippen molar-refractivity contribution in [1.82, 2.24) is 0 Å². The lowest BCUT2D eigenvalue weighted by atomic mass is 10.1. The topological polar surface area (TPSA) is 52.3 Å². The maximum Gasteiger partial charge on any atom is 0.340 e. The second-order valence-electron chi connectivity index (χ2n) is 3.81. The molecule has 0 radical (unpaired) electrons. The van der Waals surface area contributed by atoms with Gasteiger partial charge < -0.3 is 10.5 Å². The third-order valence-corrected chi connectivity index (χ3v) is 2.52. The van der Waals surface area contributed by atoms with E-state index in [4.69, 9.17) is 10.5 Å². The first-order valence-electron chi connectivity index (χ1n) is 5.74. The molecule has 0 saturated carbocycles. The van der Waals surface area contributed by atoms with Crippen LogP contribution < -0.4 is 5.73 Å². The Morgan fingerprint density at radius 2 is 2.06 bits per heavy atom. The van der Waals surface area contributed by atoms with Crippen LogP contribution in [0.4, 0.5) is 5.69 Å². The Kier molecular flexibility index (Phi) is 4.83. The monoisotopic (exact) mass is 221 g/mol. The van der Waals surface area contributed by atoms with Crippen molar-refractivity contribution in [2.75, 3.05) is 5.73 Å². The number of esters is 1. The van der Waals surface area contributed by atoms with Gasteiger partial charge in [-0.15, -0.1) is 0 Å². The number of nitrogens with two attached hydrogens (primary N) is 1. The molecule has 0 amide bonds. The van der Waals surface area contributed by atoms with Gasteiger partial charge in [0, 0.05) is 5.69 Å². The number of para-hydroxylation sites is 1. The molecule has 1 atom stereocenters. The lowest BCUT2D eigenvalue weighted by Crippen LogP contribution is -2.18. The normalized spacial score (nSPS) is 12.1. The highest BCUT2D eigenvalue weighted by atomic mass is 16.5. The van der Waals surface area contributed by atoms with Crippen LogP contribution in [-0.2, 0) is 4.74 Å². The number of carbonyl (C=O) groups excluding carboxylic acids is 1. The number of carbonyl (C=O) groups is 1. The van der Waals surface area contributed by atoms with Gasteiger partial charge in [0.05, 0.1) is 5.56 Å². The van der Waals surface area contributed by atoms with Gasteiger partial charge in [0.1, 0.15) is 6.10 Å². The van der Waals surface area contributed by atoms with Gasteiger partial charge in [0.25, 0.3) is 0 Å². The average Bonchev–Trinajstić information content (AvgIpc) is 2.28. The third kappa shape index (κ3) is 3.26. The number of rotatable bonds is 5. The van der Waals surface area contributed by atoms with Gasteiger partial charge in [-0.1, -0.05) is 32.4 Å². The number of ether oxygens (including phenoxy) is 1. The molecule has 1 rings (SSSR count). The molecule has 88 valence electrons. The Hall–Kier alpha value is -1.51. The van der Waals surface area contributed by atoms with E-state index in [-0.39, 0.29) is 12.1 Å². The minimum Gasteiger partial charge on any atom is -0.459 e. The van der Waals surface area contributed by atoms with Crippen molar-refractivity contribution < 1.29 is 9.53 Å². The SMILES string of the molecule is CCCC(CC)OC(=O)c1ccccc1N. The lowest BCUT2D eigenvalue weighted by Gasteiger charge is -2.15. The zero-order valence-electron chi connectivity index (χ0n) is 9.90. The fourth-order valence-corrected chi connectivity index (χ4v) is 1.57. The van der Waals surface area contributed by atoms with Crippen molar-refractivity contribution in [2.24, 2.45) is 0 Å². The second kappa shape index (κ2) is 6.16. The summed E-state index contributed by atoms with van der Waals surface area (Å²) >= 11 is 0. The Morgan fingerprint density at radius 1 is 1.38 bits per heavy atom. The van der Waals surface area contributed by atoms with E-state index in [0.717, 1.165) is 19.3 Å². The highest BCUT2D eigenvalue weighted by molar-refractivity contribution is 5.95. The van der Waals surface area contributed by atoms with E-state index in [0.29, 0.717) is 11.3 Å². The lowest BCUT2D eigenvalue weighted by molar-refractivity contribution is 0.0273. The first kappa shape index (κ1) is 12.6. The number of hydrogen-bond acceptors (Lipinski definition) is 3. The van der Waals surface area contributed by atoms with Crippen molar-refractivity contribution in [1.29, 1.82) is 0 Å². The van der Waals surface area contributed by atoms with Gasteiger partial charge in [0.2, 0.25) is 0 Å². The molecule has 3 nitrogen and oxygen atoms in total. The fourth-order valence-electron chi connectivity index (χ4n) is 1.57. The first-order valence-corrected chi connectivity index (χ1v) is 5.74. The quantitative estimate of drug-likeness (QED) is 0.614. The average molecular weight is 221 g/mol. The van der Waals surface area contributed by atoms with Crippen LogP contribution in [0.5, 0.6) is 0 Å². The molecule has 2 N–H and O–H groups in total. The van der Waals surface area contributed by atoms with Crippen molar-refractivity contribution in [3.05, 3.63) is 29.8 Å². The van der Waals surface area contributed by atoms with Gasteiger partial charge in [-0.25, -0.2) is 4.79 Å². The van der Waals surface area contributed by atoms with Crippen LogP contribution in [0.15, 0.2) is 24.3 Å². The molecule has 3 heteroatoms. The van der Waals surface area contributed by atoms with Crippen molar-refractivity contribution >= 4 is 11.7 Å². The van der Waals surface area contributed by atoms with E-state index in [1.807, 2.05) is 6.92 Å². The van der Waals surface area contributed by atoms with E-state index in [1.54, 1.807) is 24.3 Å². The minimum absolute atomic E-state index is 0.00268. The zero-order valence-corrected chi connectivity index (χ0v) is 9.90. The Labute approximate surface area is 96.6 Å². The number of anilines is 1. The standard InChI is InChI=1S/C13H19NO2/c1-3-7-10(4-2)16-13(15)11-8-5-6-9-12(11)14/h5-6,8-10H,3-4,7,14H2,1-2H3. The largest absolute Gasteiger partial charge is 0.459 e. The Balaban J connectivity index is 2.68. The molecule has 0 spiro atoms. The molecule has 1 aromatic rings. The fraction of sp³-hybridized carbons (Fsp3) is 0.462. The summed E-state index contributed by atoms with van der Waals surface area (Å²) < 4.78 is 5.39. The third-order valence-electron chi connectivity index (χ3n) is 2.52. The van der Waals surface area contributed by atoms with Crippen LogP contribution in [0.25, 0.3) is 0 Å². The van der Waals surface area contributed by atoms with Crippen molar-refractivity contribution in [3.63, 3.8) is 0 Å². The van der Waals surface area contributed by atoms with Gasteiger partial charge in [-0.2, -0.15) is 0 Å². The van der Waals surface area contributed by atoms with Crippen molar-refractivity contribution in [3.8, 4) is 0 Å². The Bertz CT molecular complexity index is 350. The summed E-state index contributed by atoms with van der Waals surface area (Å²) in [6.45, 7) is 4.09. The molecule has 0 bridgehead atoms. The van der Waals surface area contributed by atoms with Crippen LogP contribution >= 0.6 is 0 Å². The zero-order chi connectivity index (χ0) is 12.0. The summed E-state index contributed by atoms with van der Waals surface area (Å²) in [5.41, 5.74) is 6.64. The Morgan fingerprint density at radius 3 is 2.62 bits per heavy atom. The summed E-state index contributed by atoms with van der Waals surface area (Å²) in [5.74, 6) is -0.321. The summed E-state index contributed by atoms with van der Waals surface area (Å²) in [6.07, 6.45) is 2.74. The molecule has 0 saturated heterocycles. The molecule has 0 aliphatic carbocycles. The second-order valence-corrected chi connectivity index (χ2v) is 3.81. The summed E-state index contributed by atoms with van der Waals surface area (Å²) in [5, 5.41) is 0. The predicted molar refractivity (Wildman–Crippen MR) is 65.3 cm³/mol. The van der Waals surface area contributed by atoms with Gasteiger partial charge >= 0.3 is 5.97 Å². The summed E-state index contributed by atoms with van der Waals surface area (Å²) in [6, 6.07) is 6.98. The van der Waals surface area contributed by atoms with E-state index in [1.165, 1.54) is 0 Å². The molecular weight excluding hydrogens is 202 g/mol. The highest BCUT2D eigenvalue weighted by Gasteiger charge is 2.15. The smallest absolute Gasteiger partial charge is 0.340 e. The molecule has 16 heavy (non-hydrogen) atoms. The van der Waals surface area contributed by atoms with E-state index in [9.17, 15) is 4.79 Å².